The van der Waals surface area contributed by atoms with E-state index in [0.29, 0.717) is 35.6 Å². The van der Waals surface area contributed by atoms with Crippen molar-refractivity contribution in [1.82, 2.24) is 19.5 Å². The SMILES string of the molecule is CCO[C@H]1C(O)[C@@H](CC)O[C@H]1n1cnc2c(NC(=O)c3ccccc3)ncnc21. The van der Waals surface area contributed by atoms with E-state index in [1.807, 2.05) is 19.9 Å². The normalized spacial score (nSPS) is 24.1. The fraction of sp³-hybridized carbons (Fsp3) is 0.400. The number of carbonyl (C=O) groups excluding carboxylic acids is 1. The molecule has 1 aromatic carbocycles. The molecule has 4 atom stereocenters. The predicted molar refractivity (Wildman–Crippen MR) is 105 cm³/mol. The van der Waals surface area contributed by atoms with E-state index >= 15 is 0 Å². The average molecular weight is 397 g/mol. The third kappa shape index (κ3) is 3.59. The van der Waals surface area contributed by atoms with Crippen LogP contribution in [0.4, 0.5) is 5.82 Å². The molecule has 4 rings (SSSR count). The number of aliphatic hydroxyl groups is 1. The molecule has 1 saturated heterocycles. The van der Waals surface area contributed by atoms with Gasteiger partial charge in [0.25, 0.3) is 5.91 Å². The highest BCUT2D eigenvalue weighted by atomic mass is 16.6. The summed E-state index contributed by atoms with van der Waals surface area (Å²) in [4.78, 5) is 25.4. The molecule has 1 fully saturated rings. The molecule has 1 amide bonds. The summed E-state index contributed by atoms with van der Waals surface area (Å²) in [6.45, 7) is 4.26. The van der Waals surface area contributed by atoms with E-state index in [9.17, 15) is 9.90 Å². The number of anilines is 1. The van der Waals surface area contributed by atoms with Crippen molar-refractivity contribution in [3.8, 4) is 0 Å². The fourth-order valence-corrected chi connectivity index (χ4v) is 3.55. The van der Waals surface area contributed by atoms with Crippen molar-refractivity contribution in [2.24, 2.45) is 0 Å². The van der Waals surface area contributed by atoms with Gasteiger partial charge in [-0.2, -0.15) is 0 Å². The molecule has 3 aromatic rings. The van der Waals surface area contributed by atoms with Crippen molar-refractivity contribution in [2.75, 3.05) is 11.9 Å². The maximum absolute atomic E-state index is 12.5. The largest absolute Gasteiger partial charge is 0.388 e. The number of ether oxygens (including phenoxy) is 2. The maximum Gasteiger partial charge on any atom is 0.256 e. The van der Waals surface area contributed by atoms with Crippen LogP contribution in [-0.2, 0) is 9.47 Å². The Morgan fingerprint density at radius 2 is 2.03 bits per heavy atom. The van der Waals surface area contributed by atoms with Gasteiger partial charge >= 0.3 is 0 Å². The number of nitrogens with one attached hydrogen (secondary N) is 1. The Kier molecular flexibility index (Phi) is 5.52. The Morgan fingerprint density at radius 3 is 2.76 bits per heavy atom. The van der Waals surface area contributed by atoms with Gasteiger partial charge < -0.3 is 19.9 Å². The molecule has 0 saturated carbocycles. The number of hydrogen-bond donors (Lipinski definition) is 2. The number of aliphatic hydroxyl groups excluding tert-OH is 1. The van der Waals surface area contributed by atoms with Gasteiger partial charge in [0.2, 0.25) is 0 Å². The second-order valence-corrected chi connectivity index (χ2v) is 6.75. The first-order chi connectivity index (χ1) is 14.1. The quantitative estimate of drug-likeness (QED) is 0.655. The lowest BCUT2D eigenvalue weighted by Crippen LogP contribution is -2.34. The minimum absolute atomic E-state index is 0.286. The number of nitrogens with zero attached hydrogens (tertiary/aromatic N) is 4. The molecule has 1 unspecified atom stereocenters. The molecule has 9 heteroatoms. The van der Waals surface area contributed by atoms with Crippen LogP contribution in [0.25, 0.3) is 11.2 Å². The minimum Gasteiger partial charge on any atom is -0.388 e. The first-order valence-corrected chi connectivity index (χ1v) is 9.63. The zero-order valence-corrected chi connectivity index (χ0v) is 16.2. The highest BCUT2D eigenvalue weighted by Gasteiger charge is 2.45. The molecule has 0 spiro atoms. The van der Waals surface area contributed by atoms with Crippen LogP contribution >= 0.6 is 0 Å². The van der Waals surface area contributed by atoms with E-state index < -0.39 is 18.4 Å². The van der Waals surface area contributed by atoms with Crippen LogP contribution in [0.5, 0.6) is 0 Å². The van der Waals surface area contributed by atoms with Crippen LogP contribution < -0.4 is 5.32 Å². The van der Waals surface area contributed by atoms with E-state index in [-0.39, 0.29) is 12.0 Å². The van der Waals surface area contributed by atoms with E-state index in [2.05, 4.69) is 20.3 Å². The van der Waals surface area contributed by atoms with Crippen LogP contribution in [0.15, 0.2) is 43.0 Å². The average Bonchev–Trinajstić information content (AvgIpc) is 3.31. The first-order valence-electron chi connectivity index (χ1n) is 9.63. The molecule has 1 aliphatic heterocycles. The third-order valence-electron chi connectivity index (χ3n) is 4.98. The zero-order valence-electron chi connectivity index (χ0n) is 16.2. The van der Waals surface area contributed by atoms with Gasteiger partial charge in [0.15, 0.2) is 23.2 Å². The molecule has 3 heterocycles. The number of imidazole rings is 1. The molecule has 2 aromatic heterocycles. The molecule has 29 heavy (non-hydrogen) atoms. The predicted octanol–water partition coefficient (Wildman–Crippen LogP) is 2.15. The van der Waals surface area contributed by atoms with Gasteiger partial charge in [0, 0.05) is 12.2 Å². The topological polar surface area (TPSA) is 111 Å². The Labute approximate surface area is 167 Å². The lowest BCUT2D eigenvalue weighted by molar-refractivity contribution is -0.0634. The first kappa shape index (κ1) is 19.4. The zero-order chi connectivity index (χ0) is 20.4. The summed E-state index contributed by atoms with van der Waals surface area (Å²) in [5.41, 5.74) is 1.44. The second kappa shape index (κ2) is 8.24. The number of rotatable bonds is 6. The molecule has 9 nitrogen and oxygen atoms in total. The molecular formula is C20H23N5O4. The highest BCUT2D eigenvalue weighted by molar-refractivity contribution is 6.06. The van der Waals surface area contributed by atoms with Crippen molar-refractivity contribution in [2.45, 2.75) is 44.8 Å². The van der Waals surface area contributed by atoms with Gasteiger partial charge in [-0.3, -0.25) is 9.36 Å². The van der Waals surface area contributed by atoms with E-state index in [1.54, 1.807) is 35.2 Å². The van der Waals surface area contributed by atoms with Crippen molar-refractivity contribution in [3.63, 3.8) is 0 Å². The van der Waals surface area contributed by atoms with Crippen molar-refractivity contribution < 1.29 is 19.4 Å². The Morgan fingerprint density at radius 1 is 1.24 bits per heavy atom. The highest BCUT2D eigenvalue weighted by Crippen LogP contribution is 2.35. The molecule has 0 radical (unpaired) electrons. The Balaban J connectivity index is 1.66. The standard InChI is InChI=1S/C20H23N5O4/c1-3-13-15(26)16(28-4-2)20(29-13)25-11-23-14-17(21-10-22-18(14)25)24-19(27)12-8-6-5-7-9-12/h5-11,13,15-16,20,26H,3-4H2,1-2H3,(H,21,22,24,27)/t13-,15?,16+,20-/m1/s1. The Hall–Kier alpha value is -2.88. The van der Waals surface area contributed by atoms with Crippen LogP contribution in [0.1, 0.15) is 36.9 Å². The summed E-state index contributed by atoms with van der Waals surface area (Å²) < 4.78 is 13.5. The van der Waals surface area contributed by atoms with Gasteiger partial charge in [-0.1, -0.05) is 25.1 Å². The smallest absolute Gasteiger partial charge is 0.256 e. The summed E-state index contributed by atoms with van der Waals surface area (Å²) in [6, 6.07) is 8.87. The number of amides is 1. The molecular weight excluding hydrogens is 374 g/mol. The summed E-state index contributed by atoms with van der Waals surface area (Å²) in [5.74, 6) is 0.0204. The lowest BCUT2D eigenvalue weighted by atomic mass is 10.1. The van der Waals surface area contributed by atoms with Crippen molar-refractivity contribution in [3.05, 3.63) is 48.5 Å². The van der Waals surface area contributed by atoms with Gasteiger partial charge in [-0.05, 0) is 25.5 Å². The summed E-state index contributed by atoms with van der Waals surface area (Å²) in [5, 5.41) is 13.3. The van der Waals surface area contributed by atoms with Gasteiger partial charge in [-0.15, -0.1) is 0 Å². The van der Waals surface area contributed by atoms with E-state index in [4.69, 9.17) is 9.47 Å². The lowest BCUT2D eigenvalue weighted by Gasteiger charge is -2.21. The van der Waals surface area contributed by atoms with Crippen molar-refractivity contribution in [1.29, 1.82) is 0 Å². The third-order valence-corrected chi connectivity index (χ3v) is 4.98. The summed E-state index contributed by atoms with van der Waals surface area (Å²) in [6.07, 6.45) is 1.38. The van der Waals surface area contributed by atoms with Crippen LogP contribution in [-0.4, -0.2) is 55.5 Å². The summed E-state index contributed by atoms with van der Waals surface area (Å²) in [7, 11) is 0. The molecule has 0 bridgehead atoms. The van der Waals surface area contributed by atoms with Gasteiger partial charge in [-0.25, -0.2) is 15.0 Å². The van der Waals surface area contributed by atoms with E-state index in [1.165, 1.54) is 6.33 Å². The van der Waals surface area contributed by atoms with Crippen LogP contribution in [0, 0.1) is 0 Å². The Bertz CT molecular complexity index is 993. The summed E-state index contributed by atoms with van der Waals surface area (Å²) >= 11 is 0. The maximum atomic E-state index is 12.5. The number of benzene rings is 1. The minimum atomic E-state index is -0.749. The van der Waals surface area contributed by atoms with Gasteiger partial charge in [0.05, 0.1) is 12.4 Å². The second-order valence-electron chi connectivity index (χ2n) is 6.75. The molecule has 2 N–H and O–H groups in total. The fourth-order valence-electron chi connectivity index (χ4n) is 3.55. The number of hydrogen-bond acceptors (Lipinski definition) is 7. The molecule has 152 valence electrons. The number of aromatic nitrogens is 4. The van der Waals surface area contributed by atoms with Crippen LogP contribution in [0.2, 0.25) is 0 Å². The number of fused-ring (bicyclic) bond motifs is 1. The van der Waals surface area contributed by atoms with Crippen LogP contribution in [0.3, 0.4) is 0 Å². The van der Waals surface area contributed by atoms with Crippen molar-refractivity contribution >= 4 is 22.9 Å². The number of carbonyl (C=O) groups is 1. The van der Waals surface area contributed by atoms with Gasteiger partial charge in [0.1, 0.15) is 18.5 Å². The monoisotopic (exact) mass is 397 g/mol. The molecule has 0 aliphatic carbocycles. The molecule has 1 aliphatic rings. The van der Waals surface area contributed by atoms with E-state index in [0.717, 1.165) is 0 Å².